The van der Waals surface area contributed by atoms with Crippen LogP contribution in [0.1, 0.15) is 42.9 Å². The summed E-state index contributed by atoms with van der Waals surface area (Å²) in [6.07, 6.45) is 1.01. The van der Waals surface area contributed by atoms with Crippen LogP contribution in [0.3, 0.4) is 0 Å². The zero-order chi connectivity index (χ0) is 19.5. The molecule has 0 heterocycles. The van der Waals surface area contributed by atoms with E-state index in [1.807, 2.05) is 36.4 Å². The van der Waals surface area contributed by atoms with Crippen LogP contribution >= 0.6 is 24.0 Å². The zero-order valence-electron chi connectivity index (χ0n) is 16.7. The topological polar surface area (TPSA) is 69.4 Å². The standard InChI is InChI=1S/C22H28N4O.HI/c1-4-24-22(26-16-19-7-5-18(15-23)6-8-19)25-14-13-17(2)20-9-11-21(27-3)12-10-20;/h5-12,17H,4,13-14,16H2,1-3H3,(H2,24,25,26);1H. The van der Waals surface area contributed by atoms with Crippen molar-refractivity contribution < 1.29 is 4.74 Å². The summed E-state index contributed by atoms with van der Waals surface area (Å²) in [5.41, 5.74) is 3.05. The monoisotopic (exact) mass is 492 g/mol. The lowest BCUT2D eigenvalue weighted by atomic mass is 9.98. The van der Waals surface area contributed by atoms with Gasteiger partial charge in [-0.15, -0.1) is 24.0 Å². The molecular weight excluding hydrogens is 463 g/mol. The summed E-state index contributed by atoms with van der Waals surface area (Å²) in [5.74, 6) is 2.14. The quantitative estimate of drug-likeness (QED) is 0.325. The molecule has 2 aromatic rings. The van der Waals surface area contributed by atoms with Crippen molar-refractivity contribution in [2.24, 2.45) is 4.99 Å². The number of hydrogen-bond acceptors (Lipinski definition) is 3. The molecule has 150 valence electrons. The van der Waals surface area contributed by atoms with Crippen LogP contribution in [0.4, 0.5) is 0 Å². The van der Waals surface area contributed by atoms with E-state index in [4.69, 9.17) is 10.00 Å². The fourth-order valence-corrected chi connectivity index (χ4v) is 2.70. The van der Waals surface area contributed by atoms with Gasteiger partial charge in [-0.25, -0.2) is 4.99 Å². The minimum absolute atomic E-state index is 0. The van der Waals surface area contributed by atoms with Gasteiger partial charge in [0.25, 0.3) is 0 Å². The fourth-order valence-electron chi connectivity index (χ4n) is 2.70. The van der Waals surface area contributed by atoms with Gasteiger partial charge < -0.3 is 15.4 Å². The van der Waals surface area contributed by atoms with Crippen molar-refractivity contribution in [3.05, 3.63) is 65.2 Å². The minimum Gasteiger partial charge on any atom is -0.497 e. The third-order valence-corrected chi connectivity index (χ3v) is 4.40. The molecule has 0 aliphatic heterocycles. The van der Waals surface area contributed by atoms with Gasteiger partial charge in [0.05, 0.1) is 25.3 Å². The molecule has 0 radical (unpaired) electrons. The van der Waals surface area contributed by atoms with Gasteiger partial charge in [-0.1, -0.05) is 31.2 Å². The zero-order valence-corrected chi connectivity index (χ0v) is 19.1. The van der Waals surface area contributed by atoms with E-state index in [1.165, 1.54) is 5.56 Å². The summed E-state index contributed by atoms with van der Waals surface area (Å²) in [6, 6.07) is 17.9. The lowest BCUT2D eigenvalue weighted by molar-refractivity contribution is 0.414. The largest absolute Gasteiger partial charge is 0.497 e. The van der Waals surface area contributed by atoms with E-state index < -0.39 is 0 Å². The van der Waals surface area contributed by atoms with Crippen molar-refractivity contribution in [1.82, 2.24) is 10.6 Å². The summed E-state index contributed by atoms with van der Waals surface area (Å²) < 4.78 is 5.21. The maximum absolute atomic E-state index is 8.86. The number of rotatable bonds is 8. The highest BCUT2D eigenvalue weighted by atomic mass is 127. The molecule has 2 aromatic carbocycles. The normalized spacial score (nSPS) is 11.7. The molecule has 0 aliphatic rings. The number of guanidine groups is 1. The van der Waals surface area contributed by atoms with Gasteiger partial charge in [0, 0.05) is 13.1 Å². The molecule has 0 aliphatic carbocycles. The smallest absolute Gasteiger partial charge is 0.191 e. The molecule has 0 spiro atoms. The fraction of sp³-hybridized carbons (Fsp3) is 0.364. The van der Waals surface area contributed by atoms with E-state index in [0.29, 0.717) is 18.0 Å². The SMILES string of the molecule is CCNC(=NCc1ccc(C#N)cc1)NCCC(C)c1ccc(OC)cc1.I. The first-order valence-electron chi connectivity index (χ1n) is 9.31. The molecule has 6 heteroatoms. The Bertz CT molecular complexity index is 767. The molecule has 0 fully saturated rings. The molecule has 5 nitrogen and oxygen atoms in total. The molecule has 1 atom stereocenters. The van der Waals surface area contributed by atoms with Gasteiger partial charge in [-0.05, 0) is 54.7 Å². The number of nitriles is 1. The van der Waals surface area contributed by atoms with Crippen molar-refractivity contribution >= 4 is 29.9 Å². The van der Waals surface area contributed by atoms with Crippen LogP contribution in [0, 0.1) is 11.3 Å². The molecule has 1 unspecified atom stereocenters. The summed E-state index contributed by atoms with van der Waals surface area (Å²) in [4.78, 5) is 4.63. The van der Waals surface area contributed by atoms with E-state index in [0.717, 1.165) is 36.8 Å². The van der Waals surface area contributed by atoms with Crippen LogP contribution in [0.2, 0.25) is 0 Å². The summed E-state index contributed by atoms with van der Waals surface area (Å²) in [6.45, 7) is 6.51. The molecule has 2 N–H and O–H groups in total. The Morgan fingerprint density at radius 1 is 1.11 bits per heavy atom. The number of benzene rings is 2. The molecule has 2 rings (SSSR count). The maximum atomic E-state index is 8.86. The number of aliphatic imine (C=N–C) groups is 1. The Balaban J connectivity index is 0.00000392. The molecule has 0 aromatic heterocycles. The second-order valence-corrected chi connectivity index (χ2v) is 6.39. The highest BCUT2D eigenvalue weighted by molar-refractivity contribution is 14.0. The van der Waals surface area contributed by atoms with E-state index in [2.05, 4.69) is 47.7 Å². The first kappa shape index (κ1) is 23.8. The van der Waals surface area contributed by atoms with E-state index >= 15 is 0 Å². The van der Waals surface area contributed by atoms with Gasteiger partial charge in [-0.3, -0.25) is 0 Å². The second-order valence-electron chi connectivity index (χ2n) is 6.39. The summed E-state index contributed by atoms with van der Waals surface area (Å²) in [5, 5.41) is 15.5. The lowest BCUT2D eigenvalue weighted by Crippen LogP contribution is -2.38. The molecular formula is C22H29IN4O. The first-order chi connectivity index (χ1) is 13.2. The highest BCUT2D eigenvalue weighted by Crippen LogP contribution is 2.21. The van der Waals surface area contributed by atoms with Crippen LogP contribution in [0.15, 0.2) is 53.5 Å². The highest BCUT2D eigenvalue weighted by Gasteiger charge is 2.06. The predicted octanol–water partition coefficient (Wildman–Crippen LogP) is 4.43. The van der Waals surface area contributed by atoms with Crippen LogP contribution < -0.4 is 15.4 Å². The van der Waals surface area contributed by atoms with Gasteiger partial charge in [-0.2, -0.15) is 5.26 Å². The van der Waals surface area contributed by atoms with Crippen molar-refractivity contribution in [3.63, 3.8) is 0 Å². The number of hydrogen-bond donors (Lipinski definition) is 2. The van der Waals surface area contributed by atoms with Crippen LogP contribution in [0.5, 0.6) is 5.75 Å². The minimum atomic E-state index is 0. The number of ether oxygens (including phenoxy) is 1. The summed E-state index contributed by atoms with van der Waals surface area (Å²) in [7, 11) is 1.68. The van der Waals surface area contributed by atoms with Gasteiger partial charge >= 0.3 is 0 Å². The maximum Gasteiger partial charge on any atom is 0.191 e. The molecule has 0 amide bonds. The van der Waals surface area contributed by atoms with Crippen molar-refractivity contribution in [2.75, 3.05) is 20.2 Å². The third-order valence-electron chi connectivity index (χ3n) is 4.40. The Hall–Kier alpha value is -2.27. The summed E-state index contributed by atoms with van der Waals surface area (Å²) >= 11 is 0. The van der Waals surface area contributed by atoms with Crippen molar-refractivity contribution in [3.8, 4) is 11.8 Å². The van der Waals surface area contributed by atoms with E-state index in [9.17, 15) is 0 Å². The molecule has 28 heavy (non-hydrogen) atoms. The average molecular weight is 492 g/mol. The van der Waals surface area contributed by atoms with Crippen LogP contribution in [0.25, 0.3) is 0 Å². The van der Waals surface area contributed by atoms with Gasteiger partial charge in [0.15, 0.2) is 5.96 Å². The second kappa shape index (κ2) is 13.0. The Morgan fingerprint density at radius 3 is 2.36 bits per heavy atom. The van der Waals surface area contributed by atoms with Crippen LogP contribution in [-0.4, -0.2) is 26.2 Å². The van der Waals surface area contributed by atoms with E-state index in [1.54, 1.807) is 7.11 Å². The molecule has 0 saturated heterocycles. The Labute approximate surface area is 185 Å². The van der Waals surface area contributed by atoms with Crippen molar-refractivity contribution in [2.45, 2.75) is 32.7 Å². The lowest BCUT2D eigenvalue weighted by Gasteiger charge is -2.15. The number of methoxy groups -OCH3 is 1. The first-order valence-corrected chi connectivity index (χ1v) is 9.31. The number of halogens is 1. The van der Waals surface area contributed by atoms with E-state index in [-0.39, 0.29) is 24.0 Å². The van der Waals surface area contributed by atoms with Gasteiger partial charge in [0.2, 0.25) is 0 Å². The Kier molecular flexibility index (Phi) is 11.0. The Morgan fingerprint density at radius 2 is 1.79 bits per heavy atom. The number of nitrogens with zero attached hydrogens (tertiary/aromatic N) is 2. The number of nitrogens with one attached hydrogen (secondary N) is 2. The average Bonchev–Trinajstić information content (AvgIpc) is 2.72. The molecule has 0 bridgehead atoms. The van der Waals surface area contributed by atoms with Crippen molar-refractivity contribution in [1.29, 1.82) is 5.26 Å². The molecule has 0 saturated carbocycles. The van der Waals surface area contributed by atoms with Gasteiger partial charge in [0.1, 0.15) is 5.75 Å². The third kappa shape index (κ3) is 7.77. The van der Waals surface area contributed by atoms with Crippen LogP contribution in [-0.2, 0) is 6.54 Å². The predicted molar refractivity (Wildman–Crippen MR) is 125 cm³/mol.